The number of ether oxygens (including phenoxy) is 1. The normalized spacial score (nSPS) is 20.2. The summed E-state index contributed by atoms with van der Waals surface area (Å²) >= 11 is 0. The monoisotopic (exact) mass is 336 g/mol. The average Bonchev–Trinajstić information content (AvgIpc) is 2.76. The molecule has 1 fully saturated rings. The third-order valence-electron chi connectivity index (χ3n) is 4.81. The van der Waals surface area contributed by atoms with Crippen LogP contribution < -0.4 is 5.32 Å². The van der Waals surface area contributed by atoms with Gasteiger partial charge in [-0.15, -0.1) is 0 Å². The molecule has 0 saturated carbocycles. The quantitative estimate of drug-likeness (QED) is 0.874. The molecular weight excluding hydrogens is 316 g/mol. The highest BCUT2D eigenvalue weighted by Crippen LogP contribution is 2.38. The summed E-state index contributed by atoms with van der Waals surface area (Å²) in [5.41, 5.74) is 3.43. The van der Waals surface area contributed by atoms with Crippen LogP contribution in [0.5, 0.6) is 0 Å². The smallest absolute Gasteiger partial charge is 0.239 e. The van der Waals surface area contributed by atoms with Gasteiger partial charge in [0.1, 0.15) is 5.92 Å². The van der Waals surface area contributed by atoms with Crippen LogP contribution in [-0.2, 0) is 14.3 Å². The van der Waals surface area contributed by atoms with Crippen molar-refractivity contribution in [2.45, 2.75) is 5.92 Å². The summed E-state index contributed by atoms with van der Waals surface area (Å²) in [5.74, 6) is -1.11. The minimum Gasteiger partial charge on any atom is -0.379 e. The molecular formula is C20H20N2O3. The average molecular weight is 336 g/mol. The summed E-state index contributed by atoms with van der Waals surface area (Å²) in [4.78, 5) is 27.9. The molecule has 2 aromatic carbocycles. The first-order valence-corrected chi connectivity index (χ1v) is 8.56. The molecule has 1 saturated heterocycles. The van der Waals surface area contributed by atoms with E-state index in [1.807, 2.05) is 48.5 Å². The van der Waals surface area contributed by atoms with Crippen molar-refractivity contribution in [2.75, 3.05) is 38.2 Å². The van der Waals surface area contributed by atoms with Gasteiger partial charge < -0.3 is 10.1 Å². The Morgan fingerprint density at radius 3 is 2.52 bits per heavy atom. The van der Waals surface area contributed by atoms with Crippen LogP contribution in [0.3, 0.4) is 0 Å². The van der Waals surface area contributed by atoms with Crippen molar-refractivity contribution < 1.29 is 14.3 Å². The van der Waals surface area contributed by atoms with Crippen LogP contribution in [-0.4, -0.2) is 49.4 Å². The second-order valence-electron chi connectivity index (χ2n) is 6.41. The lowest BCUT2D eigenvalue weighted by molar-refractivity contribution is -0.129. The zero-order valence-corrected chi connectivity index (χ0v) is 13.9. The van der Waals surface area contributed by atoms with Crippen molar-refractivity contribution in [3.8, 4) is 11.1 Å². The number of morpholine rings is 1. The molecule has 5 heteroatoms. The van der Waals surface area contributed by atoms with Crippen molar-refractivity contribution in [1.82, 2.24) is 4.90 Å². The van der Waals surface area contributed by atoms with Crippen LogP contribution in [0.1, 0.15) is 11.5 Å². The molecule has 0 aliphatic carbocycles. The number of amides is 1. The maximum absolute atomic E-state index is 13.0. The number of nitrogens with one attached hydrogen (secondary N) is 1. The highest BCUT2D eigenvalue weighted by Gasteiger charge is 2.34. The molecule has 2 heterocycles. The fraction of sp³-hybridized carbons (Fsp3) is 0.300. The zero-order chi connectivity index (χ0) is 17.2. The van der Waals surface area contributed by atoms with Crippen LogP contribution in [0, 0.1) is 0 Å². The van der Waals surface area contributed by atoms with E-state index in [1.54, 1.807) is 0 Å². The molecule has 0 radical (unpaired) electrons. The maximum atomic E-state index is 13.0. The number of benzene rings is 2. The molecule has 25 heavy (non-hydrogen) atoms. The molecule has 2 aliphatic heterocycles. The number of ketones is 1. The summed E-state index contributed by atoms with van der Waals surface area (Å²) in [6, 6.07) is 15.4. The predicted molar refractivity (Wildman–Crippen MR) is 95.5 cm³/mol. The fourth-order valence-corrected chi connectivity index (χ4v) is 3.56. The molecule has 128 valence electrons. The first-order valence-electron chi connectivity index (χ1n) is 8.56. The number of Topliss-reactive ketones (excluding diaryl/α,β-unsaturated/α-hetero) is 1. The number of carbonyl (C=O) groups excluding carboxylic acids is 2. The van der Waals surface area contributed by atoms with Gasteiger partial charge >= 0.3 is 0 Å². The molecule has 2 aromatic rings. The molecule has 2 aliphatic rings. The molecule has 4 rings (SSSR count). The van der Waals surface area contributed by atoms with E-state index in [9.17, 15) is 9.59 Å². The molecule has 0 spiro atoms. The molecule has 1 N–H and O–H groups in total. The first-order chi connectivity index (χ1) is 12.2. The summed E-state index contributed by atoms with van der Waals surface area (Å²) < 4.78 is 5.33. The number of fused-ring (bicyclic) bond motifs is 3. The van der Waals surface area contributed by atoms with Crippen LogP contribution >= 0.6 is 0 Å². The molecule has 1 unspecified atom stereocenters. The Bertz CT molecular complexity index is 812. The Kier molecular flexibility index (Phi) is 4.34. The van der Waals surface area contributed by atoms with E-state index >= 15 is 0 Å². The summed E-state index contributed by atoms with van der Waals surface area (Å²) in [6.45, 7) is 2.98. The number of anilines is 1. The second-order valence-corrected chi connectivity index (χ2v) is 6.41. The Hall–Kier alpha value is -2.50. The van der Waals surface area contributed by atoms with Gasteiger partial charge in [0.25, 0.3) is 0 Å². The van der Waals surface area contributed by atoms with Crippen molar-refractivity contribution in [3.63, 3.8) is 0 Å². The van der Waals surface area contributed by atoms with Gasteiger partial charge in [0.15, 0.2) is 5.78 Å². The summed E-state index contributed by atoms with van der Waals surface area (Å²) in [6.07, 6.45) is 0. The van der Waals surface area contributed by atoms with E-state index in [4.69, 9.17) is 4.74 Å². The first kappa shape index (κ1) is 16.0. The lowest BCUT2D eigenvalue weighted by Crippen LogP contribution is -2.42. The third-order valence-corrected chi connectivity index (χ3v) is 4.81. The van der Waals surface area contributed by atoms with E-state index < -0.39 is 5.92 Å². The minimum absolute atomic E-state index is 0.0698. The zero-order valence-electron chi connectivity index (χ0n) is 13.9. The Labute approximate surface area is 146 Å². The number of rotatable bonds is 3. The van der Waals surface area contributed by atoms with Gasteiger partial charge in [-0.05, 0) is 17.2 Å². The van der Waals surface area contributed by atoms with Gasteiger partial charge in [-0.2, -0.15) is 0 Å². The topological polar surface area (TPSA) is 58.6 Å². The highest BCUT2D eigenvalue weighted by atomic mass is 16.5. The molecule has 5 nitrogen and oxygen atoms in total. The van der Waals surface area contributed by atoms with Crippen LogP contribution in [0.4, 0.5) is 5.69 Å². The van der Waals surface area contributed by atoms with Crippen LogP contribution in [0.15, 0.2) is 48.5 Å². The van der Waals surface area contributed by atoms with Crippen molar-refractivity contribution >= 4 is 17.4 Å². The number of hydrogen-bond acceptors (Lipinski definition) is 4. The van der Waals surface area contributed by atoms with Gasteiger partial charge in [-0.1, -0.05) is 42.5 Å². The SMILES string of the molecule is O=C(CN1CCOCC1)C1C(=O)Nc2ccccc2-c2ccccc21. The van der Waals surface area contributed by atoms with E-state index in [-0.39, 0.29) is 18.2 Å². The van der Waals surface area contributed by atoms with E-state index in [0.717, 1.165) is 35.5 Å². The Morgan fingerprint density at radius 2 is 1.72 bits per heavy atom. The molecule has 1 atom stereocenters. The number of para-hydroxylation sites is 1. The fourth-order valence-electron chi connectivity index (χ4n) is 3.56. The molecule has 0 aromatic heterocycles. The number of carbonyl (C=O) groups is 2. The van der Waals surface area contributed by atoms with Crippen molar-refractivity contribution in [1.29, 1.82) is 0 Å². The van der Waals surface area contributed by atoms with Gasteiger partial charge in [0.05, 0.1) is 19.8 Å². The lowest BCUT2D eigenvalue weighted by atomic mass is 9.88. The summed E-state index contributed by atoms with van der Waals surface area (Å²) in [5, 5.41) is 2.93. The van der Waals surface area contributed by atoms with Crippen LogP contribution in [0.25, 0.3) is 11.1 Å². The van der Waals surface area contributed by atoms with Gasteiger partial charge in [0, 0.05) is 24.3 Å². The van der Waals surface area contributed by atoms with Gasteiger partial charge in [0.2, 0.25) is 5.91 Å². The summed E-state index contributed by atoms with van der Waals surface area (Å²) in [7, 11) is 0. The molecule has 1 amide bonds. The second kappa shape index (κ2) is 6.78. The number of hydrogen-bond donors (Lipinski definition) is 1. The minimum atomic E-state index is -0.786. The maximum Gasteiger partial charge on any atom is 0.239 e. The van der Waals surface area contributed by atoms with Gasteiger partial charge in [-0.25, -0.2) is 0 Å². The number of nitrogens with zero attached hydrogens (tertiary/aromatic N) is 1. The van der Waals surface area contributed by atoms with Crippen molar-refractivity contribution in [2.24, 2.45) is 0 Å². The largest absolute Gasteiger partial charge is 0.379 e. The standard InChI is InChI=1S/C20H20N2O3/c23-18(13-22-9-11-25-12-10-22)19-16-7-2-1-5-14(16)15-6-3-4-8-17(15)21-20(19)24/h1-8,19H,9-13H2,(H,21,24). The Balaban J connectivity index is 1.71. The van der Waals surface area contributed by atoms with Gasteiger partial charge in [-0.3, -0.25) is 14.5 Å². The highest BCUT2D eigenvalue weighted by molar-refractivity contribution is 6.16. The van der Waals surface area contributed by atoms with E-state index in [1.165, 1.54) is 0 Å². The van der Waals surface area contributed by atoms with Crippen molar-refractivity contribution in [3.05, 3.63) is 54.1 Å². The lowest BCUT2D eigenvalue weighted by Gasteiger charge is -2.27. The third kappa shape index (κ3) is 3.08. The Morgan fingerprint density at radius 1 is 1.04 bits per heavy atom. The predicted octanol–water partition coefficient (Wildman–Crippen LogP) is 2.29. The molecule has 0 bridgehead atoms. The van der Waals surface area contributed by atoms with E-state index in [0.29, 0.717) is 13.2 Å². The van der Waals surface area contributed by atoms with E-state index in [2.05, 4.69) is 10.2 Å². The van der Waals surface area contributed by atoms with Crippen LogP contribution in [0.2, 0.25) is 0 Å².